The predicted molar refractivity (Wildman–Crippen MR) is 402 cm³/mol. The van der Waals surface area contributed by atoms with Gasteiger partial charge in [0.1, 0.15) is 0 Å². The van der Waals surface area contributed by atoms with Crippen molar-refractivity contribution in [2.45, 2.75) is 469 Å². The van der Waals surface area contributed by atoms with E-state index in [-0.39, 0.29) is 18.5 Å². The van der Waals surface area contributed by atoms with Crippen LogP contribution in [0.5, 0.6) is 0 Å². The molecule has 0 saturated carbocycles. The molecule has 2 unspecified atom stereocenters. The van der Waals surface area contributed by atoms with Crippen LogP contribution in [0.15, 0.2) is 48.6 Å². The first kappa shape index (κ1) is 88.8. The van der Waals surface area contributed by atoms with Crippen LogP contribution >= 0.6 is 0 Å². The van der Waals surface area contributed by atoms with Crippen molar-refractivity contribution in [1.29, 1.82) is 0 Å². The SMILES string of the molecule is CCCCCC/C=C\C/C=C\CCCCCCCC(=O)OCCCCCCCCCCCCC/C=C\C/C=C\CCCCCCCCCCCCCCCCCCCC(=O)NC(CO)C(O)CCCCCCCCCCCCCCCCCCCCCCCCC. The lowest BCUT2D eigenvalue weighted by Gasteiger charge is -2.22. The number of aliphatic hydroxyl groups is 2. The Labute approximate surface area is 569 Å². The molecule has 1 amide bonds. The van der Waals surface area contributed by atoms with Gasteiger partial charge in [0.25, 0.3) is 0 Å². The van der Waals surface area contributed by atoms with Crippen LogP contribution < -0.4 is 5.32 Å². The Balaban J connectivity index is 3.38. The zero-order valence-electron chi connectivity index (χ0n) is 61.6. The number of unbranched alkanes of at least 4 members (excludes halogenated alkanes) is 59. The number of amides is 1. The zero-order valence-corrected chi connectivity index (χ0v) is 61.6. The van der Waals surface area contributed by atoms with Crippen molar-refractivity contribution in [1.82, 2.24) is 5.32 Å². The van der Waals surface area contributed by atoms with E-state index in [1.165, 1.54) is 366 Å². The topological polar surface area (TPSA) is 95.9 Å². The number of carbonyl (C=O) groups excluding carboxylic acids is 2. The molecule has 0 aliphatic heterocycles. The number of rotatable bonds is 78. The second kappa shape index (κ2) is 80.3. The Morgan fingerprint density at radius 2 is 0.549 bits per heavy atom. The van der Waals surface area contributed by atoms with Crippen molar-refractivity contribution in [3.05, 3.63) is 48.6 Å². The average molecular weight is 1280 g/mol. The van der Waals surface area contributed by atoms with Crippen molar-refractivity contribution in [2.24, 2.45) is 0 Å². The lowest BCUT2D eigenvalue weighted by molar-refractivity contribution is -0.143. The van der Waals surface area contributed by atoms with E-state index in [9.17, 15) is 19.8 Å². The third-order valence-corrected chi connectivity index (χ3v) is 19.4. The number of carbonyl (C=O) groups is 2. The maximum Gasteiger partial charge on any atom is 0.305 e. The molecule has 0 aromatic rings. The van der Waals surface area contributed by atoms with E-state index < -0.39 is 12.1 Å². The molecule has 2 atom stereocenters. The number of hydrogen-bond donors (Lipinski definition) is 3. The maximum atomic E-state index is 12.6. The number of esters is 1. The average Bonchev–Trinajstić information content (AvgIpc) is 3.75. The monoisotopic (exact) mass is 1280 g/mol. The fourth-order valence-electron chi connectivity index (χ4n) is 13.1. The van der Waals surface area contributed by atoms with Crippen molar-refractivity contribution in [3.63, 3.8) is 0 Å². The summed E-state index contributed by atoms with van der Waals surface area (Å²) in [4.78, 5) is 24.7. The molecule has 0 fully saturated rings. The van der Waals surface area contributed by atoms with Crippen LogP contribution in [0, 0.1) is 0 Å². The lowest BCUT2D eigenvalue weighted by atomic mass is 10.0. The second-order valence-electron chi connectivity index (χ2n) is 28.5. The molecule has 6 nitrogen and oxygen atoms in total. The van der Waals surface area contributed by atoms with Gasteiger partial charge >= 0.3 is 5.97 Å². The zero-order chi connectivity index (χ0) is 65.6. The minimum absolute atomic E-state index is 0.00384. The Kier molecular flexibility index (Phi) is 78.3. The third kappa shape index (κ3) is 76.7. The Bertz CT molecular complexity index is 1520. The van der Waals surface area contributed by atoms with Gasteiger partial charge in [-0.15, -0.1) is 0 Å². The van der Waals surface area contributed by atoms with Gasteiger partial charge in [0.05, 0.1) is 25.4 Å². The summed E-state index contributed by atoms with van der Waals surface area (Å²) < 4.78 is 5.49. The van der Waals surface area contributed by atoms with Crippen LogP contribution in [-0.4, -0.2) is 47.4 Å². The molecular weight excluding hydrogens is 1110 g/mol. The molecule has 0 radical (unpaired) electrons. The minimum atomic E-state index is -0.665. The fourth-order valence-corrected chi connectivity index (χ4v) is 13.1. The van der Waals surface area contributed by atoms with Gasteiger partial charge in [-0.05, 0) is 89.9 Å². The highest BCUT2D eigenvalue weighted by molar-refractivity contribution is 5.76. The van der Waals surface area contributed by atoms with E-state index >= 15 is 0 Å². The summed E-state index contributed by atoms with van der Waals surface area (Å²) in [5.41, 5.74) is 0. The Morgan fingerprint density at radius 1 is 0.308 bits per heavy atom. The molecule has 0 aromatic carbocycles. The van der Waals surface area contributed by atoms with Crippen molar-refractivity contribution >= 4 is 11.9 Å². The molecule has 0 bridgehead atoms. The summed E-state index contributed by atoms with van der Waals surface area (Å²) in [5, 5.41) is 23.5. The first-order valence-corrected chi connectivity index (χ1v) is 41.4. The molecule has 3 N–H and O–H groups in total. The maximum absolute atomic E-state index is 12.6. The first-order chi connectivity index (χ1) is 45.0. The van der Waals surface area contributed by atoms with E-state index in [4.69, 9.17) is 4.74 Å². The summed E-state index contributed by atoms with van der Waals surface area (Å²) in [6.07, 6.45) is 106. The normalized spacial score (nSPS) is 12.7. The van der Waals surface area contributed by atoms with Crippen LogP contribution in [-0.2, 0) is 14.3 Å². The quantitative estimate of drug-likeness (QED) is 0.0320. The summed E-state index contributed by atoms with van der Waals surface area (Å²) in [6.45, 7) is 4.97. The van der Waals surface area contributed by atoms with E-state index in [1.54, 1.807) is 0 Å². The smallest absolute Gasteiger partial charge is 0.305 e. The van der Waals surface area contributed by atoms with Crippen LogP contribution in [0.3, 0.4) is 0 Å². The highest BCUT2D eigenvalue weighted by Crippen LogP contribution is 2.20. The predicted octanol–water partition coefficient (Wildman–Crippen LogP) is 27.5. The Morgan fingerprint density at radius 3 is 0.846 bits per heavy atom. The first-order valence-electron chi connectivity index (χ1n) is 41.4. The highest BCUT2D eigenvalue weighted by Gasteiger charge is 2.20. The molecule has 0 aliphatic carbocycles. The van der Waals surface area contributed by atoms with Gasteiger partial charge in [0.15, 0.2) is 0 Å². The molecule has 0 spiro atoms. The molecule has 0 aromatic heterocycles. The highest BCUT2D eigenvalue weighted by atomic mass is 16.5. The molecule has 536 valence electrons. The summed E-state index contributed by atoms with van der Waals surface area (Å²) >= 11 is 0. The van der Waals surface area contributed by atoms with Gasteiger partial charge in [-0.2, -0.15) is 0 Å². The van der Waals surface area contributed by atoms with Crippen molar-refractivity contribution in [3.8, 4) is 0 Å². The number of hydrogen-bond acceptors (Lipinski definition) is 5. The molecule has 91 heavy (non-hydrogen) atoms. The van der Waals surface area contributed by atoms with E-state index in [0.29, 0.717) is 25.9 Å². The minimum Gasteiger partial charge on any atom is -0.466 e. The van der Waals surface area contributed by atoms with Crippen LogP contribution in [0.1, 0.15) is 457 Å². The van der Waals surface area contributed by atoms with Gasteiger partial charge in [0, 0.05) is 12.8 Å². The van der Waals surface area contributed by atoms with Gasteiger partial charge < -0.3 is 20.3 Å². The molecule has 0 aliphatic rings. The van der Waals surface area contributed by atoms with Gasteiger partial charge in [-0.25, -0.2) is 0 Å². The molecule has 0 rings (SSSR count). The van der Waals surface area contributed by atoms with Gasteiger partial charge in [-0.1, -0.05) is 403 Å². The van der Waals surface area contributed by atoms with E-state index in [0.717, 1.165) is 57.8 Å². The fraction of sp³-hybridized carbons (Fsp3) is 0.882. The summed E-state index contributed by atoms with van der Waals surface area (Å²) in [5.74, 6) is -0.0236. The number of nitrogens with one attached hydrogen (secondary N) is 1. The number of ether oxygens (including phenoxy) is 1. The molecule has 6 heteroatoms. The van der Waals surface area contributed by atoms with E-state index in [2.05, 4.69) is 67.8 Å². The number of allylic oxidation sites excluding steroid dienone is 8. The lowest BCUT2D eigenvalue weighted by Crippen LogP contribution is -2.45. The van der Waals surface area contributed by atoms with Gasteiger partial charge in [-0.3, -0.25) is 9.59 Å². The van der Waals surface area contributed by atoms with Crippen LogP contribution in [0.2, 0.25) is 0 Å². The largest absolute Gasteiger partial charge is 0.466 e. The third-order valence-electron chi connectivity index (χ3n) is 19.4. The van der Waals surface area contributed by atoms with E-state index in [1.807, 2.05) is 0 Å². The Hall–Kier alpha value is -2.18. The molecular formula is C85H161NO5. The van der Waals surface area contributed by atoms with Crippen LogP contribution in [0.4, 0.5) is 0 Å². The van der Waals surface area contributed by atoms with Crippen LogP contribution in [0.25, 0.3) is 0 Å². The molecule has 0 heterocycles. The summed E-state index contributed by atoms with van der Waals surface area (Å²) in [7, 11) is 0. The van der Waals surface area contributed by atoms with Crippen molar-refractivity contribution in [2.75, 3.05) is 13.2 Å². The molecule has 0 saturated heterocycles. The standard InChI is InChI=1S/C85H161NO5/c1-3-5-7-9-11-13-15-17-19-21-22-23-37-40-43-46-49-53-57-61-65-69-73-77-83(88)82(81-87)86-84(89)78-74-70-66-62-58-54-50-47-44-41-38-35-33-31-29-27-25-24-26-28-30-32-34-36-39-42-45-48-52-56-60-64-68-72-76-80-91-85(90)79-75-71-67-63-59-55-51-20-18-16-14-12-10-8-6-4-2/h14,16,20,26,28,32,34,51,82-83,87-88H,3-13,15,17-19,21-25,27,29-31,33,35-50,52-81H2,1-2H3,(H,86,89)/b16-14-,28-26-,34-32-,51-20-. The summed E-state index contributed by atoms with van der Waals surface area (Å²) in [6, 6.07) is -0.542. The van der Waals surface area contributed by atoms with Crippen molar-refractivity contribution < 1.29 is 24.5 Å². The number of aliphatic hydroxyl groups excluding tert-OH is 2. The van der Waals surface area contributed by atoms with Gasteiger partial charge in [0.2, 0.25) is 5.91 Å². The second-order valence-corrected chi connectivity index (χ2v) is 28.5.